The normalized spacial score (nSPS) is 21.8. The molecule has 0 saturated carbocycles. The van der Waals surface area contributed by atoms with E-state index in [4.69, 9.17) is 0 Å². The second-order valence-corrected chi connectivity index (χ2v) is 6.50. The van der Waals surface area contributed by atoms with Gasteiger partial charge in [-0.05, 0) is 38.8 Å². The number of amides is 1. The van der Waals surface area contributed by atoms with Crippen molar-refractivity contribution in [2.75, 3.05) is 26.2 Å². The maximum absolute atomic E-state index is 12.9. The Morgan fingerprint density at radius 2 is 1.96 bits per heavy atom. The first-order valence-corrected chi connectivity index (χ1v) is 8.36. The summed E-state index contributed by atoms with van der Waals surface area (Å²) >= 11 is 0. The minimum Gasteiger partial charge on any atom is -0.320 e. The van der Waals surface area contributed by atoms with Crippen LogP contribution >= 0.6 is 0 Å². The minimum atomic E-state index is -0.642. The number of nitrogens with zero attached hydrogens (tertiary/aromatic N) is 4. The van der Waals surface area contributed by atoms with E-state index in [-0.39, 0.29) is 23.2 Å². The third-order valence-corrected chi connectivity index (χ3v) is 4.94. The molecule has 128 valence electrons. The summed E-state index contributed by atoms with van der Waals surface area (Å²) < 4.78 is 1.27. The molecule has 1 atom stereocenters. The lowest BCUT2D eigenvalue weighted by molar-refractivity contribution is 0.177. The van der Waals surface area contributed by atoms with Gasteiger partial charge >= 0.3 is 11.7 Å². The molecule has 0 radical (unpaired) electrons. The number of hydrogen-bond donors (Lipinski definition) is 2. The standard InChI is InChI=1S/C15H20N6O3/c22-13-11-12(17-14(23)18-13)21(9-16-11)15(24)20-7-3-4-10(20)8-19-5-1-2-6-19/h9-10H,1-8H2,(H2,17,18,22,23). The van der Waals surface area contributed by atoms with Crippen molar-refractivity contribution < 1.29 is 4.79 Å². The molecular weight excluding hydrogens is 312 g/mol. The highest BCUT2D eigenvalue weighted by Crippen LogP contribution is 2.22. The molecule has 9 nitrogen and oxygen atoms in total. The lowest BCUT2D eigenvalue weighted by atomic mass is 10.2. The lowest BCUT2D eigenvalue weighted by Gasteiger charge is -2.28. The van der Waals surface area contributed by atoms with Crippen LogP contribution in [0.15, 0.2) is 15.9 Å². The molecule has 4 heterocycles. The monoisotopic (exact) mass is 332 g/mol. The smallest absolute Gasteiger partial charge is 0.320 e. The molecule has 0 bridgehead atoms. The van der Waals surface area contributed by atoms with Gasteiger partial charge in [0.2, 0.25) is 0 Å². The Hall–Kier alpha value is -2.42. The molecule has 2 aromatic heterocycles. The molecule has 2 aliphatic rings. The van der Waals surface area contributed by atoms with Crippen LogP contribution in [-0.2, 0) is 0 Å². The Kier molecular flexibility index (Phi) is 3.72. The number of H-pyrrole nitrogens is 2. The van der Waals surface area contributed by atoms with E-state index in [1.54, 1.807) is 0 Å². The maximum atomic E-state index is 12.9. The first kappa shape index (κ1) is 15.1. The summed E-state index contributed by atoms with van der Waals surface area (Å²) in [4.78, 5) is 49.0. The minimum absolute atomic E-state index is 0.0678. The van der Waals surface area contributed by atoms with E-state index in [9.17, 15) is 14.4 Å². The molecule has 0 aromatic carbocycles. The zero-order valence-electron chi connectivity index (χ0n) is 13.3. The highest BCUT2D eigenvalue weighted by Gasteiger charge is 2.32. The zero-order valence-corrected chi connectivity index (χ0v) is 13.3. The summed E-state index contributed by atoms with van der Waals surface area (Å²) in [6, 6.07) is -0.0674. The van der Waals surface area contributed by atoms with Gasteiger partial charge in [0, 0.05) is 19.1 Å². The number of nitrogens with one attached hydrogen (secondary N) is 2. The quantitative estimate of drug-likeness (QED) is 0.801. The summed E-state index contributed by atoms with van der Waals surface area (Å²) in [5, 5.41) is 0. The molecule has 2 aliphatic heterocycles. The van der Waals surface area contributed by atoms with Crippen LogP contribution in [0.1, 0.15) is 25.7 Å². The summed E-state index contributed by atoms with van der Waals surface area (Å²) in [6.45, 7) is 3.75. The first-order valence-electron chi connectivity index (χ1n) is 8.36. The maximum Gasteiger partial charge on any atom is 0.331 e. The molecule has 2 N–H and O–H groups in total. The fraction of sp³-hybridized carbons (Fsp3) is 0.600. The molecular formula is C15H20N6O3. The predicted octanol–water partition coefficient (Wildman–Crippen LogP) is -0.0588. The van der Waals surface area contributed by atoms with Crippen LogP contribution in [0, 0.1) is 0 Å². The fourth-order valence-corrected chi connectivity index (χ4v) is 3.76. The second-order valence-electron chi connectivity index (χ2n) is 6.50. The van der Waals surface area contributed by atoms with Gasteiger partial charge in [0.25, 0.3) is 5.56 Å². The van der Waals surface area contributed by atoms with Gasteiger partial charge in [0.1, 0.15) is 6.33 Å². The zero-order chi connectivity index (χ0) is 16.7. The van der Waals surface area contributed by atoms with Gasteiger partial charge in [0.05, 0.1) is 0 Å². The van der Waals surface area contributed by atoms with Crippen LogP contribution in [0.3, 0.4) is 0 Å². The molecule has 0 spiro atoms. The van der Waals surface area contributed by atoms with Crippen molar-refractivity contribution in [2.24, 2.45) is 0 Å². The molecule has 1 unspecified atom stereocenters. The van der Waals surface area contributed by atoms with E-state index >= 15 is 0 Å². The van der Waals surface area contributed by atoms with E-state index in [1.807, 2.05) is 4.90 Å². The largest absolute Gasteiger partial charge is 0.331 e. The van der Waals surface area contributed by atoms with Crippen molar-refractivity contribution in [1.29, 1.82) is 0 Å². The van der Waals surface area contributed by atoms with Crippen molar-refractivity contribution in [1.82, 2.24) is 29.3 Å². The molecule has 4 rings (SSSR count). The molecule has 2 aromatic rings. The van der Waals surface area contributed by atoms with Gasteiger partial charge in [-0.25, -0.2) is 19.1 Å². The first-order chi connectivity index (χ1) is 11.6. The Balaban J connectivity index is 1.63. The number of imidazole rings is 1. The predicted molar refractivity (Wildman–Crippen MR) is 87.2 cm³/mol. The van der Waals surface area contributed by atoms with Crippen molar-refractivity contribution in [3.05, 3.63) is 27.2 Å². The van der Waals surface area contributed by atoms with E-state index in [2.05, 4.69) is 19.9 Å². The van der Waals surface area contributed by atoms with Gasteiger partial charge < -0.3 is 9.80 Å². The lowest BCUT2D eigenvalue weighted by Crippen LogP contribution is -2.44. The number of carbonyl (C=O) groups excluding carboxylic acids is 1. The van der Waals surface area contributed by atoms with E-state index in [0.717, 1.165) is 32.5 Å². The van der Waals surface area contributed by atoms with Gasteiger partial charge in [-0.1, -0.05) is 0 Å². The van der Waals surface area contributed by atoms with Crippen molar-refractivity contribution >= 4 is 17.2 Å². The summed E-state index contributed by atoms with van der Waals surface area (Å²) in [5.74, 6) is 0. The van der Waals surface area contributed by atoms with Crippen molar-refractivity contribution in [3.8, 4) is 0 Å². The number of carbonyl (C=O) groups is 1. The summed E-state index contributed by atoms with van der Waals surface area (Å²) in [7, 11) is 0. The number of rotatable bonds is 2. The molecule has 2 saturated heterocycles. The van der Waals surface area contributed by atoms with E-state index in [0.29, 0.717) is 6.54 Å². The molecule has 2 fully saturated rings. The number of hydrogen-bond acceptors (Lipinski definition) is 5. The van der Waals surface area contributed by atoms with Crippen LogP contribution < -0.4 is 11.2 Å². The van der Waals surface area contributed by atoms with Gasteiger partial charge in [-0.2, -0.15) is 0 Å². The Labute approximate surface area is 137 Å². The Bertz CT molecular complexity index is 875. The van der Waals surface area contributed by atoms with Gasteiger partial charge in [-0.15, -0.1) is 0 Å². The molecule has 0 aliphatic carbocycles. The molecule has 9 heteroatoms. The van der Waals surface area contributed by atoms with Crippen LogP contribution in [0.2, 0.25) is 0 Å². The highest BCUT2D eigenvalue weighted by molar-refractivity contribution is 5.86. The van der Waals surface area contributed by atoms with Crippen LogP contribution in [0.25, 0.3) is 11.2 Å². The Morgan fingerprint density at radius 1 is 1.17 bits per heavy atom. The number of fused-ring (bicyclic) bond motifs is 1. The number of aromatic nitrogens is 4. The third-order valence-electron chi connectivity index (χ3n) is 4.94. The topological polar surface area (TPSA) is 107 Å². The molecule has 24 heavy (non-hydrogen) atoms. The van der Waals surface area contributed by atoms with Crippen molar-refractivity contribution in [2.45, 2.75) is 31.7 Å². The van der Waals surface area contributed by atoms with Crippen molar-refractivity contribution in [3.63, 3.8) is 0 Å². The average Bonchev–Trinajstić information content (AvgIpc) is 3.27. The SMILES string of the molecule is O=C(N1CCCC1CN1CCCC1)n1cnc2c(=O)[nH]c(=O)[nH]c21. The third kappa shape index (κ3) is 2.54. The van der Waals surface area contributed by atoms with Crippen LogP contribution in [0.5, 0.6) is 0 Å². The Morgan fingerprint density at radius 3 is 2.75 bits per heavy atom. The van der Waals surface area contributed by atoms with Crippen LogP contribution in [-0.4, -0.2) is 67.6 Å². The highest BCUT2D eigenvalue weighted by atomic mass is 16.2. The summed E-state index contributed by atoms with van der Waals surface area (Å²) in [6.07, 6.45) is 5.69. The van der Waals surface area contributed by atoms with Gasteiger partial charge in [0.15, 0.2) is 11.2 Å². The van der Waals surface area contributed by atoms with Crippen LogP contribution in [0.4, 0.5) is 4.79 Å². The second kappa shape index (κ2) is 5.90. The van der Waals surface area contributed by atoms with E-state index < -0.39 is 11.2 Å². The number of aromatic amines is 2. The van der Waals surface area contributed by atoms with E-state index in [1.165, 1.54) is 23.7 Å². The molecule has 1 amide bonds. The average molecular weight is 332 g/mol. The summed E-state index contributed by atoms with van der Waals surface area (Å²) in [5.41, 5.74) is -1.01. The fourth-order valence-electron chi connectivity index (χ4n) is 3.76. The number of likely N-dealkylation sites (tertiary alicyclic amines) is 2. The van der Waals surface area contributed by atoms with Gasteiger partial charge in [-0.3, -0.25) is 14.8 Å².